The first-order chi connectivity index (χ1) is 10.6. The first kappa shape index (κ1) is 14.7. The van der Waals surface area contributed by atoms with Crippen LogP contribution in [0.1, 0.15) is 25.6 Å². The van der Waals surface area contributed by atoms with Gasteiger partial charge in [0.15, 0.2) is 0 Å². The number of benzene rings is 1. The first-order valence-corrected chi connectivity index (χ1v) is 7.53. The molecule has 116 valence electrons. The highest BCUT2D eigenvalue weighted by atomic mass is 16.5. The minimum absolute atomic E-state index is 0.250. The Morgan fingerprint density at radius 1 is 1.32 bits per heavy atom. The molecule has 2 heterocycles. The van der Waals surface area contributed by atoms with E-state index in [0.717, 1.165) is 22.5 Å². The molecule has 1 atom stereocenters. The summed E-state index contributed by atoms with van der Waals surface area (Å²) in [5.74, 6) is 2.09. The van der Waals surface area contributed by atoms with Gasteiger partial charge in [0.25, 0.3) is 0 Å². The average Bonchev–Trinajstić information content (AvgIpc) is 3.13. The Labute approximate surface area is 129 Å². The standard InChI is InChI=1S/C17H21N3O2/c1-12(2)17-19-8-9-20(17)10-13(21)11-22-16-5-3-4-15-14(16)6-7-18-15/h3-9,12-13,18,21H,10-11H2,1-2H3/t13-/m0/s1. The molecule has 0 bridgehead atoms. The monoisotopic (exact) mass is 299 g/mol. The van der Waals surface area contributed by atoms with Gasteiger partial charge in [-0.15, -0.1) is 0 Å². The fourth-order valence-corrected chi connectivity index (χ4v) is 2.62. The van der Waals surface area contributed by atoms with Crippen LogP contribution in [0.5, 0.6) is 5.75 Å². The molecule has 1 aromatic carbocycles. The highest BCUT2D eigenvalue weighted by Crippen LogP contribution is 2.24. The van der Waals surface area contributed by atoms with E-state index in [2.05, 4.69) is 23.8 Å². The van der Waals surface area contributed by atoms with E-state index in [0.29, 0.717) is 12.5 Å². The van der Waals surface area contributed by atoms with Gasteiger partial charge in [0, 0.05) is 35.4 Å². The summed E-state index contributed by atoms with van der Waals surface area (Å²) in [6, 6.07) is 7.83. The number of aliphatic hydroxyl groups is 1. The minimum Gasteiger partial charge on any atom is -0.490 e. The topological polar surface area (TPSA) is 63.1 Å². The third kappa shape index (κ3) is 2.99. The number of hydrogen-bond acceptors (Lipinski definition) is 3. The normalized spacial score (nSPS) is 12.9. The second kappa shape index (κ2) is 6.23. The molecule has 5 heteroatoms. The van der Waals surface area contributed by atoms with Gasteiger partial charge in [0.1, 0.15) is 24.3 Å². The maximum absolute atomic E-state index is 10.2. The smallest absolute Gasteiger partial charge is 0.128 e. The molecule has 3 rings (SSSR count). The van der Waals surface area contributed by atoms with Crippen LogP contribution in [0.3, 0.4) is 0 Å². The van der Waals surface area contributed by atoms with Crippen molar-refractivity contribution < 1.29 is 9.84 Å². The zero-order chi connectivity index (χ0) is 15.5. The Balaban J connectivity index is 1.64. The Morgan fingerprint density at radius 3 is 3.00 bits per heavy atom. The molecular formula is C17H21N3O2. The van der Waals surface area contributed by atoms with Crippen molar-refractivity contribution in [1.29, 1.82) is 0 Å². The third-order valence-electron chi connectivity index (χ3n) is 3.66. The maximum Gasteiger partial charge on any atom is 0.128 e. The van der Waals surface area contributed by atoms with Gasteiger partial charge in [-0.1, -0.05) is 19.9 Å². The van der Waals surface area contributed by atoms with Gasteiger partial charge in [-0.25, -0.2) is 4.98 Å². The molecule has 3 aromatic rings. The van der Waals surface area contributed by atoms with E-state index in [1.807, 2.05) is 41.2 Å². The molecular weight excluding hydrogens is 278 g/mol. The van der Waals surface area contributed by atoms with Crippen LogP contribution in [0, 0.1) is 0 Å². The Morgan fingerprint density at radius 2 is 2.18 bits per heavy atom. The summed E-state index contributed by atoms with van der Waals surface area (Å²) in [5, 5.41) is 11.3. The number of imidazole rings is 1. The SMILES string of the molecule is CC(C)c1nccn1C[C@H](O)COc1cccc2[nH]ccc12. The maximum atomic E-state index is 10.2. The van der Waals surface area contributed by atoms with Crippen LogP contribution < -0.4 is 4.74 Å². The molecule has 0 saturated carbocycles. The van der Waals surface area contributed by atoms with Gasteiger partial charge in [-0.2, -0.15) is 0 Å². The van der Waals surface area contributed by atoms with Crippen LogP contribution in [-0.4, -0.2) is 32.4 Å². The molecule has 0 radical (unpaired) electrons. The summed E-state index contributed by atoms with van der Waals surface area (Å²) < 4.78 is 7.77. The number of nitrogens with one attached hydrogen (secondary N) is 1. The lowest BCUT2D eigenvalue weighted by atomic mass is 10.2. The van der Waals surface area contributed by atoms with E-state index in [4.69, 9.17) is 4.74 Å². The molecule has 0 amide bonds. The number of fused-ring (bicyclic) bond motifs is 1. The molecule has 2 N–H and O–H groups in total. The van der Waals surface area contributed by atoms with E-state index >= 15 is 0 Å². The van der Waals surface area contributed by atoms with Crippen molar-refractivity contribution in [3.05, 3.63) is 48.7 Å². The zero-order valence-corrected chi connectivity index (χ0v) is 12.9. The van der Waals surface area contributed by atoms with Gasteiger partial charge in [0.05, 0.1) is 6.54 Å². The van der Waals surface area contributed by atoms with Gasteiger partial charge >= 0.3 is 0 Å². The molecule has 0 aliphatic heterocycles. The predicted octanol–water partition coefficient (Wildman–Crippen LogP) is 2.93. The summed E-state index contributed by atoms with van der Waals surface area (Å²) in [5.41, 5.74) is 1.03. The van der Waals surface area contributed by atoms with Crippen molar-refractivity contribution in [2.75, 3.05) is 6.61 Å². The average molecular weight is 299 g/mol. The Bertz CT molecular complexity index is 745. The van der Waals surface area contributed by atoms with Crippen LogP contribution >= 0.6 is 0 Å². The molecule has 0 saturated heterocycles. The van der Waals surface area contributed by atoms with Crippen molar-refractivity contribution in [2.24, 2.45) is 0 Å². The summed E-state index contributed by atoms with van der Waals surface area (Å²) in [6.07, 6.45) is 4.96. The van der Waals surface area contributed by atoms with Crippen molar-refractivity contribution in [2.45, 2.75) is 32.4 Å². The van der Waals surface area contributed by atoms with Gasteiger partial charge in [-0.3, -0.25) is 0 Å². The summed E-state index contributed by atoms with van der Waals surface area (Å²) in [7, 11) is 0. The molecule has 22 heavy (non-hydrogen) atoms. The molecule has 0 fully saturated rings. The molecule has 2 aromatic heterocycles. The van der Waals surface area contributed by atoms with Crippen LogP contribution in [0.15, 0.2) is 42.9 Å². The fourth-order valence-electron chi connectivity index (χ4n) is 2.62. The number of H-pyrrole nitrogens is 1. The second-order valence-electron chi connectivity index (χ2n) is 5.75. The van der Waals surface area contributed by atoms with E-state index in [1.165, 1.54) is 0 Å². The number of aromatic nitrogens is 3. The van der Waals surface area contributed by atoms with Gasteiger partial charge < -0.3 is 19.4 Å². The lowest BCUT2D eigenvalue weighted by molar-refractivity contribution is 0.0923. The number of aromatic amines is 1. The van der Waals surface area contributed by atoms with Gasteiger partial charge in [-0.05, 0) is 18.2 Å². The van der Waals surface area contributed by atoms with Crippen molar-refractivity contribution in [3.63, 3.8) is 0 Å². The zero-order valence-electron chi connectivity index (χ0n) is 12.9. The number of nitrogens with zero attached hydrogens (tertiary/aromatic N) is 2. The fraction of sp³-hybridized carbons (Fsp3) is 0.353. The highest BCUT2D eigenvalue weighted by Gasteiger charge is 2.12. The molecule has 0 aliphatic carbocycles. The Kier molecular flexibility index (Phi) is 4.15. The molecule has 0 unspecified atom stereocenters. The van der Waals surface area contributed by atoms with Crippen molar-refractivity contribution in [1.82, 2.24) is 14.5 Å². The lowest BCUT2D eigenvalue weighted by Crippen LogP contribution is -2.24. The van der Waals surface area contributed by atoms with Crippen LogP contribution in [0.25, 0.3) is 10.9 Å². The number of rotatable bonds is 6. The lowest BCUT2D eigenvalue weighted by Gasteiger charge is -2.16. The third-order valence-corrected chi connectivity index (χ3v) is 3.66. The van der Waals surface area contributed by atoms with E-state index in [9.17, 15) is 5.11 Å². The van der Waals surface area contributed by atoms with Crippen LogP contribution in [0.2, 0.25) is 0 Å². The summed E-state index contributed by atoms with van der Waals surface area (Å²) in [6.45, 7) is 4.92. The summed E-state index contributed by atoms with van der Waals surface area (Å²) in [4.78, 5) is 7.48. The molecule has 0 aliphatic rings. The van der Waals surface area contributed by atoms with Crippen molar-refractivity contribution in [3.8, 4) is 5.75 Å². The quantitative estimate of drug-likeness (QED) is 0.735. The largest absolute Gasteiger partial charge is 0.490 e. The number of aliphatic hydroxyl groups excluding tert-OH is 1. The molecule has 0 spiro atoms. The second-order valence-corrected chi connectivity index (χ2v) is 5.75. The van der Waals surface area contributed by atoms with E-state index in [1.54, 1.807) is 6.20 Å². The minimum atomic E-state index is -0.583. The van der Waals surface area contributed by atoms with Crippen LogP contribution in [0.4, 0.5) is 0 Å². The first-order valence-electron chi connectivity index (χ1n) is 7.53. The summed E-state index contributed by atoms with van der Waals surface area (Å²) >= 11 is 0. The van der Waals surface area contributed by atoms with E-state index < -0.39 is 6.10 Å². The number of hydrogen-bond donors (Lipinski definition) is 2. The van der Waals surface area contributed by atoms with Gasteiger partial charge in [0.2, 0.25) is 0 Å². The van der Waals surface area contributed by atoms with Crippen molar-refractivity contribution >= 4 is 10.9 Å². The highest BCUT2D eigenvalue weighted by molar-refractivity contribution is 5.85. The van der Waals surface area contributed by atoms with E-state index in [-0.39, 0.29) is 6.61 Å². The molecule has 5 nitrogen and oxygen atoms in total. The van der Waals surface area contributed by atoms with Crippen LogP contribution in [-0.2, 0) is 6.54 Å². The number of ether oxygens (including phenoxy) is 1. The Hall–Kier alpha value is -2.27. The predicted molar refractivity (Wildman–Crippen MR) is 86.1 cm³/mol.